The molecule has 1 aromatic heterocycles. The van der Waals surface area contributed by atoms with Crippen molar-refractivity contribution in [1.29, 1.82) is 0 Å². The second-order valence-electron chi connectivity index (χ2n) is 4.39. The van der Waals surface area contributed by atoms with E-state index in [4.69, 9.17) is 0 Å². The largest absolute Gasteiger partial charge is 0.313 e. The first kappa shape index (κ1) is 12.0. The van der Waals surface area contributed by atoms with E-state index in [1.54, 1.807) is 11.3 Å². The number of rotatable bonds is 4. The Labute approximate surface area is 102 Å². The molecule has 0 saturated carbocycles. The Balaban J connectivity index is 1.79. The Bertz CT molecular complexity index is 286. The maximum atomic E-state index is 4.34. The number of aromatic nitrogens is 1. The molecule has 1 aromatic rings. The van der Waals surface area contributed by atoms with Crippen LogP contribution in [-0.4, -0.2) is 42.1 Å². The SMILES string of the molecule is CCC1CN(CCc2nccs2)CCCN1. The molecule has 0 aromatic carbocycles. The molecule has 0 spiro atoms. The summed E-state index contributed by atoms with van der Waals surface area (Å²) in [5, 5.41) is 6.93. The summed E-state index contributed by atoms with van der Waals surface area (Å²) in [6, 6.07) is 0.679. The summed E-state index contributed by atoms with van der Waals surface area (Å²) in [7, 11) is 0. The van der Waals surface area contributed by atoms with Gasteiger partial charge >= 0.3 is 0 Å². The van der Waals surface area contributed by atoms with Crippen LogP contribution >= 0.6 is 11.3 Å². The van der Waals surface area contributed by atoms with E-state index in [2.05, 4.69) is 27.5 Å². The van der Waals surface area contributed by atoms with Crippen LogP contribution in [0.15, 0.2) is 11.6 Å². The van der Waals surface area contributed by atoms with Crippen LogP contribution in [0, 0.1) is 0 Å². The van der Waals surface area contributed by atoms with Crippen LogP contribution in [0.1, 0.15) is 24.8 Å². The van der Waals surface area contributed by atoms with Crippen LogP contribution in [0.3, 0.4) is 0 Å². The Morgan fingerprint density at radius 1 is 1.62 bits per heavy atom. The number of nitrogens with zero attached hydrogens (tertiary/aromatic N) is 2. The fourth-order valence-corrected chi connectivity index (χ4v) is 2.79. The van der Waals surface area contributed by atoms with Crippen molar-refractivity contribution in [3.8, 4) is 0 Å². The lowest BCUT2D eigenvalue weighted by molar-refractivity contribution is 0.268. The van der Waals surface area contributed by atoms with Crippen molar-refractivity contribution in [1.82, 2.24) is 15.2 Å². The monoisotopic (exact) mass is 239 g/mol. The van der Waals surface area contributed by atoms with E-state index in [1.807, 2.05) is 6.20 Å². The van der Waals surface area contributed by atoms with Crippen LogP contribution in [-0.2, 0) is 6.42 Å². The Kier molecular flexibility index (Phi) is 4.75. The molecule has 90 valence electrons. The van der Waals surface area contributed by atoms with E-state index in [1.165, 1.54) is 37.5 Å². The summed E-state index contributed by atoms with van der Waals surface area (Å²) in [4.78, 5) is 6.92. The van der Waals surface area contributed by atoms with Gasteiger partial charge < -0.3 is 10.2 Å². The average Bonchev–Trinajstić information content (AvgIpc) is 2.71. The number of nitrogens with one attached hydrogen (secondary N) is 1. The highest BCUT2D eigenvalue weighted by atomic mass is 32.1. The minimum absolute atomic E-state index is 0.679. The molecule has 1 aliphatic heterocycles. The van der Waals surface area contributed by atoms with Gasteiger partial charge in [-0.25, -0.2) is 4.98 Å². The zero-order chi connectivity index (χ0) is 11.2. The van der Waals surface area contributed by atoms with Crippen LogP contribution < -0.4 is 5.32 Å². The third-order valence-corrected chi connectivity index (χ3v) is 4.02. The number of hydrogen-bond acceptors (Lipinski definition) is 4. The summed E-state index contributed by atoms with van der Waals surface area (Å²) in [6.07, 6.45) is 5.51. The van der Waals surface area contributed by atoms with Gasteiger partial charge in [-0.2, -0.15) is 0 Å². The van der Waals surface area contributed by atoms with Crippen LogP contribution in [0.2, 0.25) is 0 Å². The lowest BCUT2D eigenvalue weighted by Gasteiger charge is -2.23. The molecule has 1 aliphatic rings. The molecule has 2 heterocycles. The average molecular weight is 239 g/mol. The van der Waals surface area contributed by atoms with Gasteiger partial charge in [0.05, 0.1) is 5.01 Å². The first-order valence-corrected chi connectivity index (χ1v) is 7.10. The maximum Gasteiger partial charge on any atom is 0.0937 e. The van der Waals surface area contributed by atoms with Crippen LogP contribution in [0.5, 0.6) is 0 Å². The zero-order valence-electron chi connectivity index (χ0n) is 9.98. The zero-order valence-corrected chi connectivity index (χ0v) is 10.8. The number of thiazole rings is 1. The Morgan fingerprint density at radius 3 is 3.31 bits per heavy atom. The lowest BCUT2D eigenvalue weighted by atomic mass is 10.2. The molecule has 1 unspecified atom stereocenters. The van der Waals surface area contributed by atoms with Gasteiger partial charge in [0.25, 0.3) is 0 Å². The molecule has 0 aliphatic carbocycles. The Morgan fingerprint density at radius 2 is 2.56 bits per heavy atom. The van der Waals surface area contributed by atoms with Crippen LogP contribution in [0.4, 0.5) is 0 Å². The second kappa shape index (κ2) is 6.33. The summed E-state index contributed by atoms with van der Waals surface area (Å²) in [5.74, 6) is 0. The second-order valence-corrected chi connectivity index (χ2v) is 5.37. The highest BCUT2D eigenvalue weighted by Crippen LogP contribution is 2.08. The van der Waals surface area contributed by atoms with E-state index in [0.717, 1.165) is 13.0 Å². The summed E-state index contributed by atoms with van der Waals surface area (Å²) in [5.41, 5.74) is 0. The van der Waals surface area contributed by atoms with Gasteiger partial charge in [-0.1, -0.05) is 6.92 Å². The topological polar surface area (TPSA) is 28.2 Å². The van der Waals surface area contributed by atoms with Crippen molar-refractivity contribution in [3.63, 3.8) is 0 Å². The third-order valence-electron chi connectivity index (χ3n) is 3.18. The summed E-state index contributed by atoms with van der Waals surface area (Å²) >= 11 is 1.77. The Hall–Kier alpha value is -0.450. The smallest absolute Gasteiger partial charge is 0.0937 e. The molecule has 0 amide bonds. The first-order valence-electron chi connectivity index (χ1n) is 6.22. The van der Waals surface area contributed by atoms with E-state index >= 15 is 0 Å². The first-order chi connectivity index (χ1) is 7.88. The van der Waals surface area contributed by atoms with Crippen molar-refractivity contribution in [3.05, 3.63) is 16.6 Å². The minimum atomic E-state index is 0.679. The maximum absolute atomic E-state index is 4.34. The van der Waals surface area contributed by atoms with Crippen molar-refractivity contribution in [2.24, 2.45) is 0 Å². The van der Waals surface area contributed by atoms with Crippen molar-refractivity contribution in [2.45, 2.75) is 32.2 Å². The molecule has 1 N–H and O–H groups in total. The lowest BCUT2D eigenvalue weighted by Crippen LogP contribution is -2.37. The number of hydrogen-bond donors (Lipinski definition) is 1. The van der Waals surface area contributed by atoms with E-state index in [9.17, 15) is 0 Å². The standard InChI is InChI=1S/C12H21N3S/c1-2-11-10-15(7-3-5-13-11)8-4-12-14-6-9-16-12/h6,9,11,13H,2-5,7-8,10H2,1H3. The predicted octanol–water partition coefficient (Wildman–Crippen LogP) is 1.76. The minimum Gasteiger partial charge on any atom is -0.313 e. The normalized spacial score (nSPS) is 23.2. The molecule has 1 saturated heterocycles. The summed E-state index contributed by atoms with van der Waals surface area (Å²) in [6.45, 7) is 7.02. The highest BCUT2D eigenvalue weighted by molar-refractivity contribution is 7.09. The van der Waals surface area contributed by atoms with Gasteiger partial charge in [-0.3, -0.25) is 0 Å². The molecule has 16 heavy (non-hydrogen) atoms. The van der Waals surface area contributed by atoms with Gasteiger partial charge in [0, 0.05) is 37.1 Å². The highest BCUT2D eigenvalue weighted by Gasteiger charge is 2.15. The molecule has 3 nitrogen and oxygen atoms in total. The van der Waals surface area contributed by atoms with Gasteiger partial charge in [0.1, 0.15) is 0 Å². The van der Waals surface area contributed by atoms with Gasteiger partial charge in [0.2, 0.25) is 0 Å². The fraction of sp³-hybridized carbons (Fsp3) is 0.750. The molecular weight excluding hydrogens is 218 g/mol. The molecule has 0 radical (unpaired) electrons. The molecule has 1 atom stereocenters. The molecular formula is C12H21N3S. The van der Waals surface area contributed by atoms with Crippen molar-refractivity contribution < 1.29 is 0 Å². The quantitative estimate of drug-likeness (QED) is 0.868. The van der Waals surface area contributed by atoms with E-state index in [0.29, 0.717) is 6.04 Å². The van der Waals surface area contributed by atoms with E-state index < -0.39 is 0 Å². The molecule has 1 fully saturated rings. The van der Waals surface area contributed by atoms with Gasteiger partial charge in [-0.05, 0) is 25.9 Å². The fourth-order valence-electron chi connectivity index (χ4n) is 2.18. The third kappa shape index (κ3) is 3.54. The molecule has 0 bridgehead atoms. The molecule has 2 rings (SSSR count). The predicted molar refractivity (Wildman–Crippen MR) is 69.0 cm³/mol. The van der Waals surface area contributed by atoms with Gasteiger partial charge in [-0.15, -0.1) is 11.3 Å². The van der Waals surface area contributed by atoms with E-state index in [-0.39, 0.29) is 0 Å². The van der Waals surface area contributed by atoms with Crippen molar-refractivity contribution >= 4 is 11.3 Å². The summed E-state index contributed by atoms with van der Waals surface area (Å²) < 4.78 is 0. The van der Waals surface area contributed by atoms with Gasteiger partial charge in [0.15, 0.2) is 0 Å². The van der Waals surface area contributed by atoms with Crippen LogP contribution in [0.25, 0.3) is 0 Å². The molecule has 4 heteroatoms. The van der Waals surface area contributed by atoms with Crippen molar-refractivity contribution in [2.75, 3.05) is 26.2 Å².